The van der Waals surface area contributed by atoms with Crippen molar-refractivity contribution in [3.8, 4) is 11.5 Å². The van der Waals surface area contributed by atoms with Crippen LogP contribution in [-0.4, -0.2) is 39.6 Å². The van der Waals surface area contributed by atoms with Gasteiger partial charge in [0, 0.05) is 29.6 Å². The van der Waals surface area contributed by atoms with E-state index in [-0.39, 0.29) is 5.91 Å². The lowest BCUT2D eigenvalue weighted by Gasteiger charge is -2.15. The third-order valence-electron chi connectivity index (χ3n) is 4.46. The standard InChI is InChI=1S/C21H22N4O2S2/c1-15-13-29-21(23-15)24-20-18(27-16-7-3-2-4-8-16)11-17(12-22-20)28-14-19(26)25-9-5-6-10-25/h2-4,7-8,11-13H,5-6,9-10,14H2,1H3,(H,22,23,24). The largest absolute Gasteiger partial charge is 0.453 e. The van der Waals surface area contributed by atoms with Crippen LogP contribution < -0.4 is 10.1 Å². The van der Waals surface area contributed by atoms with Gasteiger partial charge in [-0.2, -0.15) is 0 Å². The lowest BCUT2D eigenvalue weighted by molar-refractivity contribution is -0.127. The number of thioether (sulfide) groups is 1. The molecular formula is C21H22N4O2S2. The van der Waals surface area contributed by atoms with Crippen LogP contribution in [0.3, 0.4) is 0 Å². The molecule has 0 saturated carbocycles. The Morgan fingerprint density at radius 1 is 1.28 bits per heavy atom. The van der Waals surface area contributed by atoms with Crippen molar-refractivity contribution < 1.29 is 9.53 Å². The highest BCUT2D eigenvalue weighted by atomic mass is 32.2. The van der Waals surface area contributed by atoms with E-state index in [4.69, 9.17) is 4.74 Å². The van der Waals surface area contributed by atoms with Gasteiger partial charge in [-0.25, -0.2) is 9.97 Å². The van der Waals surface area contributed by atoms with Crippen molar-refractivity contribution in [3.63, 3.8) is 0 Å². The summed E-state index contributed by atoms with van der Waals surface area (Å²) in [5.74, 6) is 2.51. The molecular weight excluding hydrogens is 404 g/mol. The third kappa shape index (κ3) is 5.27. The normalized spacial score (nSPS) is 13.5. The Labute approximate surface area is 178 Å². The lowest BCUT2D eigenvalue weighted by atomic mass is 10.3. The summed E-state index contributed by atoms with van der Waals surface area (Å²) in [5.41, 5.74) is 0.954. The predicted molar refractivity (Wildman–Crippen MR) is 117 cm³/mol. The number of ether oxygens (including phenoxy) is 1. The number of hydrogen-bond donors (Lipinski definition) is 1. The molecule has 1 saturated heterocycles. The Balaban J connectivity index is 1.52. The summed E-state index contributed by atoms with van der Waals surface area (Å²) in [7, 11) is 0. The predicted octanol–water partition coefficient (Wildman–Crippen LogP) is 5.10. The van der Waals surface area contributed by atoms with Gasteiger partial charge in [0.05, 0.1) is 11.4 Å². The van der Waals surface area contributed by atoms with Crippen molar-refractivity contribution in [2.45, 2.75) is 24.7 Å². The van der Waals surface area contributed by atoms with E-state index in [0.29, 0.717) is 17.3 Å². The van der Waals surface area contributed by atoms with E-state index in [1.54, 1.807) is 6.20 Å². The van der Waals surface area contributed by atoms with Crippen LogP contribution in [0.1, 0.15) is 18.5 Å². The Kier molecular flexibility index (Phi) is 6.31. The number of anilines is 2. The molecule has 0 bridgehead atoms. The summed E-state index contributed by atoms with van der Waals surface area (Å²) < 4.78 is 6.08. The van der Waals surface area contributed by atoms with Crippen LogP contribution in [0.15, 0.2) is 52.9 Å². The number of para-hydroxylation sites is 1. The molecule has 8 heteroatoms. The average Bonchev–Trinajstić information content (AvgIpc) is 3.41. The quantitative estimate of drug-likeness (QED) is 0.531. The minimum Gasteiger partial charge on any atom is -0.453 e. The number of carbonyl (C=O) groups is 1. The van der Waals surface area contributed by atoms with Gasteiger partial charge in [-0.3, -0.25) is 4.79 Å². The van der Waals surface area contributed by atoms with Crippen molar-refractivity contribution in [1.82, 2.24) is 14.9 Å². The van der Waals surface area contributed by atoms with Gasteiger partial charge in [-0.15, -0.1) is 23.1 Å². The van der Waals surface area contributed by atoms with Crippen LogP contribution in [0.4, 0.5) is 10.9 Å². The third-order valence-corrected chi connectivity index (χ3v) is 6.29. The van der Waals surface area contributed by atoms with Crippen LogP contribution in [-0.2, 0) is 4.79 Å². The molecule has 1 amide bonds. The Hall–Kier alpha value is -2.58. The fourth-order valence-electron chi connectivity index (χ4n) is 3.01. The fraction of sp³-hybridized carbons (Fsp3) is 0.286. The summed E-state index contributed by atoms with van der Waals surface area (Å²) in [5, 5.41) is 5.98. The number of aryl methyl sites for hydroxylation is 1. The van der Waals surface area contributed by atoms with E-state index in [9.17, 15) is 4.79 Å². The molecule has 0 spiro atoms. The first-order valence-corrected chi connectivity index (χ1v) is 11.4. The highest BCUT2D eigenvalue weighted by Crippen LogP contribution is 2.34. The van der Waals surface area contributed by atoms with Gasteiger partial charge < -0.3 is 15.0 Å². The summed E-state index contributed by atoms with van der Waals surface area (Å²) in [4.78, 5) is 24.1. The zero-order valence-electron chi connectivity index (χ0n) is 16.1. The second-order valence-electron chi connectivity index (χ2n) is 6.73. The number of nitrogens with one attached hydrogen (secondary N) is 1. The van der Waals surface area contributed by atoms with Crippen LogP contribution >= 0.6 is 23.1 Å². The Bertz CT molecular complexity index is 972. The first-order chi connectivity index (χ1) is 14.2. The van der Waals surface area contributed by atoms with E-state index >= 15 is 0 Å². The second-order valence-corrected chi connectivity index (χ2v) is 8.64. The minimum atomic E-state index is 0.179. The number of pyridine rings is 1. The average molecular weight is 427 g/mol. The molecule has 1 fully saturated rings. The van der Waals surface area contributed by atoms with E-state index in [2.05, 4.69) is 15.3 Å². The lowest BCUT2D eigenvalue weighted by Crippen LogP contribution is -2.29. The summed E-state index contributed by atoms with van der Waals surface area (Å²) in [6.45, 7) is 3.69. The number of likely N-dealkylation sites (tertiary alicyclic amines) is 1. The number of thiazole rings is 1. The Morgan fingerprint density at radius 2 is 2.07 bits per heavy atom. The number of benzene rings is 1. The Morgan fingerprint density at radius 3 is 2.79 bits per heavy atom. The van der Waals surface area contributed by atoms with Crippen molar-refractivity contribution >= 4 is 40.0 Å². The number of carbonyl (C=O) groups excluding carboxylic acids is 1. The highest BCUT2D eigenvalue weighted by Gasteiger charge is 2.18. The summed E-state index contributed by atoms with van der Waals surface area (Å²) >= 11 is 3.00. The number of aromatic nitrogens is 2. The number of amides is 1. The first kappa shape index (κ1) is 19.7. The van der Waals surface area contributed by atoms with Crippen LogP contribution in [0.5, 0.6) is 11.5 Å². The number of nitrogens with zero attached hydrogens (tertiary/aromatic N) is 3. The van der Waals surface area contributed by atoms with Crippen LogP contribution in [0.25, 0.3) is 0 Å². The van der Waals surface area contributed by atoms with E-state index in [1.807, 2.05) is 53.6 Å². The van der Waals surface area contributed by atoms with Gasteiger partial charge in [0.1, 0.15) is 5.75 Å². The zero-order valence-corrected chi connectivity index (χ0v) is 17.8. The number of hydrogen-bond acceptors (Lipinski definition) is 7. The van der Waals surface area contributed by atoms with Crippen molar-refractivity contribution in [3.05, 3.63) is 53.7 Å². The van der Waals surface area contributed by atoms with Crippen molar-refractivity contribution in [2.24, 2.45) is 0 Å². The molecule has 4 rings (SSSR count). The van der Waals surface area contributed by atoms with Gasteiger partial charge in [0.2, 0.25) is 5.91 Å². The topological polar surface area (TPSA) is 67.4 Å². The SMILES string of the molecule is Cc1csc(Nc2ncc(SCC(=O)N3CCCC3)cc2Oc2ccccc2)n1. The van der Waals surface area contributed by atoms with Gasteiger partial charge in [0.25, 0.3) is 0 Å². The monoisotopic (exact) mass is 426 g/mol. The van der Waals surface area contributed by atoms with Crippen LogP contribution in [0.2, 0.25) is 0 Å². The summed E-state index contributed by atoms with van der Waals surface area (Å²) in [6, 6.07) is 11.5. The van der Waals surface area contributed by atoms with Gasteiger partial charge in [-0.1, -0.05) is 18.2 Å². The molecule has 29 heavy (non-hydrogen) atoms. The van der Waals surface area contributed by atoms with Crippen molar-refractivity contribution in [2.75, 3.05) is 24.2 Å². The molecule has 1 aromatic carbocycles. The highest BCUT2D eigenvalue weighted by molar-refractivity contribution is 8.00. The molecule has 0 atom stereocenters. The number of rotatable bonds is 7. The maximum absolute atomic E-state index is 12.3. The second kappa shape index (κ2) is 9.28. The molecule has 6 nitrogen and oxygen atoms in total. The first-order valence-electron chi connectivity index (χ1n) is 9.50. The van der Waals surface area contributed by atoms with Crippen LogP contribution in [0, 0.1) is 6.92 Å². The maximum atomic E-state index is 12.3. The molecule has 1 aliphatic heterocycles. The molecule has 1 N–H and O–H groups in total. The summed E-state index contributed by atoms with van der Waals surface area (Å²) in [6.07, 6.45) is 3.97. The van der Waals surface area contributed by atoms with E-state index in [0.717, 1.165) is 47.4 Å². The molecule has 3 aromatic rings. The van der Waals surface area contributed by atoms with Gasteiger partial charge >= 0.3 is 0 Å². The van der Waals surface area contributed by atoms with E-state index < -0.39 is 0 Å². The van der Waals surface area contributed by atoms with Gasteiger partial charge in [-0.05, 0) is 38.0 Å². The molecule has 0 unspecified atom stereocenters. The van der Waals surface area contributed by atoms with E-state index in [1.165, 1.54) is 23.1 Å². The van der Waals surface area contributed by atoms with Crippen molar-refractivity contribution in [1.29, 1.82) is 0 Å². The van der Waals surface area contributed by atoms with Gasteiger partial charge in [0.15, 0.2) is 16.7 Å². The molecule has 1 aliphatic rings. The maximum Gasteiger partial charge on any atom is 0.232 e. The molecule has 150 valence electrons. The smallest absolute Gasteiger partial charge is 0.232 e. The fourth-order valence-corrected chi connectivity index (χ4v) is 4.49. The molecule has 2 aromatic heterocycles. The molecule has 3 heterocycles. The zero-order chi connectivity index (χ0) is 20.1. The molecule has 0 radical (unpaired) electrons. The molecule has 0 aliphatic carbocycles. The minimum absolute atomic E-state index is 0.179.